The summed E-state index contributed by atoms with van der Waals surface area (Å²) in [6, 6.07) is 12.9. The molecule has 6 nitrogen and oxygen atoms in total. The van der Waals surface area contributed by atoms with Crippen LogP contribution in [0.2, 0.25) is 5.02 Å². The van der Waals surface area contributed by atoms with Gasteiger partial charge in [-0.1, -0.05) is 35.9 Å². The molecule has 8 heteroatoms. The van der Waals surface area contributed by atoms with Crippen LogP contribution in [0.1, 0.15) is 11.1 Å². The first-order valence-electron chi connectivity index (χ1n) is 8.76. The van der Waals surface area contributed by atoms with E-state index in [9.17, 15) is 18.8 Å². The number of benzene rings is 2. The van der Waals surface area contributed by atoms with Crippen LogP contribution in [-0.4, -0.2) is 47.2 Å². The first-order valence-corrected chi connectivity index (χ1v) is 9.14. The molecular weight excluding hydrogens is 385 g/mol. The summed E-state index contributed by atoms with van der Waals surface area (Å²) in [6.07, 6.45) is 0. The highest BCUT2D eigenvalue weighted by Gasteiger charge is 2.33. The van der Waals surface area contributed by atoms with Crippen LogP contribution in [0.3, 0.4) is 0 Å². The van der Waals surface area contributed by atoms with E-state index in [0.29, 0.717) is 11.6 Å². The number of carbonyl (C=O) groups is 3. The van der Waals surface area contributed by atoms with Crippen LogP contribution in [0.15, 0.2) is 48.5 Å². The number of amides is 3. The highest BCUT2D eigenvalue weighted by atomic mass is 35.5. The smallest absolute Gasteiger partial charge is 0.312 e. The van der Waals surface area contributed by atoms with Gasteiger partial charge < -0.3 is 15.1 Å². The molecule has 1 N–H and O–H groups in total. The molecule has 0 atom stereocenters. The topological polar surface area (TPSA) is 69.7 Å². The Bertz CT molecular complexity index is 889. The van der Waals surface area contributed by atoms with Gasteiger partial charge in [-0.15, -0.1) is 0 Å². The Hall–Kier alpha value is -2.93. The molecule has 3 rings (SSSR count). The third kappa shape index (κ3) is 5.07. The molecule has 1 aliphatic heterocycles. The first kappa shape index (κ1) is 19.8. The van der Waals surface area contributed by atoms with E-state index in [1.54, 1.807) is 30.3 Å². The van der Waals surface area contributed by atoms with Gasteiger partial charge >= 0.3 is 11.8 Å². The van der Waals surface area contributed by atoms with Gasteiger partial charge in [0, 0.05) is 31.2 Å². The summed E-state index contributed by atoms with van der Waals surface area (Å²) in [5, 5.41) is 3.29. The maximum absolute atomic E-state index is 13.0. The molecule has 1 fully saturated rings. The second kappa shape index (κ2) is 8.84. The number of hydrogen-bond donors (Lipinski definition) is 1. The fraction of sp³-hybridized carbons (Fsp3) is 0.250. The van der Waals surface area contributed by atoms with Gasteiger partial charge in [0.2, 0.25) is 5.91 Å². The van der Waals surface area contributed by atoms with E-state index in [0.717, 1.165) is 11.1 Å². The van der Waals surface area contributed by atoms with E-state index in [2.05, 4.69) is 5.32 Å². The van der Waals surface area contributed by atoms with Crippen LogP contribution in [-0.2, 0) is 27.5 Å². The molecule has 146 valence electrons. The normalized spacial score (nSPS) is 14.4. The summed E-state index contributed by atoms with van der Waals surface area (Å²) < 4.78 is 13.0. The number of piperazine rings is 1. The summed E-state index contributed by atoms with van der Waals surface area (Å²) in [7, 11) is 0. The predicted molar refractivity (Wildman–Crippen MR) is 102 cm³/mol. The molecule has 0 bridgehead atoms. The van der Waals surface area contributed by atoms with Crippen molar-refractivity contribution in [2.45, 2.75) is 13.1 Å². The number of nitrogens with zero attached hydrogens (tertiary/aromatic N) is 2. The number of halogens is 2. The molecule has 3 amide bonds. The van der Waals surface area contributed by atoms with Crippen molar-refractivity contribution in [2.75, 3.05) is 19.6 Å². The van der Waals surface area contributed by atoms with E-state index in [-0.39, 0.29) is 37.9 Å². The van der Waals surface area contributed by atoms with Crippen LogP contribution in [0.5, 0.6) is 0 Å². The van der Waals surface area contributed by atoms with Crippen molar-refractivity contribution >= 4 is 29.3 Å². The molecule has 28 heavy (non-hydrogen) atoms. The van der Waals surface area contributed by atoms with E-state index in [1.165, 1.54) is 21.9 Å². The minimum Gasteiger partial charge on any atom is -0.350 e. The fourth-order valence-corrected chi connectivity index (χ4v) is 3.12. The summed E-state index contributed by atoms with van der Waals surface area (Å²) >= 11 is 5.90. The minimum absolute atomic E-state index is 0.185. The molecule has 0 unspecified atom stereocenters. The third-order valence-corrected chi connectivity index (χ3v) is 4.63. The zero-order valence-electron chi connectivity index (χ0n) is 15.0. The molecule has 0 radical (unpaired) electrons. The van der Waals surface area contributed by atoms with E-state index < -0.39 is 11.8 Å². The highest BCUT2D eigenvalue weighted by molar-refractivity contribution is 6.35. The lowest BCUT2D eigenvalue weighted by Crippen LogP contribution is -2.55. The lowest BCUT2D eigenvalue weighted by molar-refractivity contribution is -0.157. The standard InChI is InChI=1S/C20H19ClFN3O3/c21-16-3-1-2-15(10-16)11-23-18(26)13-25-9-8-24(19(27)20(25)28)12-14-4-6-17(22)7-5-14/h1-7,10H,8-9,11-13H2,(H,23,26). The number of rotatable bonds is 6. The highest BCUT2D eigenvalue weighted by Crippen LogP contribution is 2.12. The van der Waals surface area contributed by atoms with Crippen molar-refractivity contribution in [3.63, 3.8) is 0 Å². The largest absolute Gasteiger partial charge is 0.350 e. The van der Waals surface area contributed by atoms with Crippen LogP contribution < -0.4 is 5.32 Å². The van der Waals surface area contributed by atoms with Gasteiger partial charge in [-0.2, -0.15) is 0 Å². The Balaban J connectivity index is 1.51. The van der Waals surface area contributed by atoms with Crippen LogP contribution >= 0.6 is 11.6 Å². The molecule has 1 aliphatic rings. The first-order chi connectivity index (χ1) is 13.4. The zero-order chi connectivity index (χ0) is 20.1. The van der Waals surface area contributed by atoms with Gasteiger partial charge in [0.05, 0.1) is 0 Å². The van der Waals surface area contributed by atoms with Crippen molar-refractivity contribution in [3.05, 3.63) is 70.5 Å². The van der Waals surface area contributed by atoms with Crippen LogP contribution in [0.25, 0.3) is 0 Å². The lowest BCUT2D eigenvalue weighted by Gasteiger charge is -2.33. The minimum atomic E-state index is -0.716. The van der Waals surface area contributed by atoms with Gasteiger partial charge in [-0.3, -0.25) is 14.4 Å². The average Bonchev–Trinajstić information content (AvgIpc) is 2.68. The van der Waals surface area contributed by atoms with Crippen LogP contribution in [0.4, 0.5) is 4.39 Å². The SMILES string of the molecule is O=C(CN1CCN(Cc2ccc(F)cc2)C(=O)C1=O)NCc1cccc(Cl)c1. The molecule has 2 aromatic carbocycles. The maximum atomic E-state index is 13.0. The third-order valence-electron chi connectivity index (χ3n) is 4.40. The fourth-order valence-electron chi connectivity index (χ4n) is 2.90. The summed E-state index contributed by atoms with van der Waals surface area (Å²) in [4.78, 5) is 39.4. The Morgan fingerprint density at radius 3 is 2.39 bits per heavy atom. The van der Waals surface area contributed by atoms with Crippen molar-refractivity contribution in [1.29, 1.82) is 0 Å². The van der Waals surface area contributed by atoms with Crippen molar-refractivity contribution in [1.82, 2.24) is 15.1 Å². The van der Waals surface area contributed by atoms with E-state index in [1.807, 2.05) is 6.07 Å². The monoisotopic (exact) mass is 403 g/mol. The molecule has 0 saturated carbocycles. The van der Waals surface area contributed by atoms with Gasteiger partial charge in [-0.25, -0.2) is 4.39 Å². The van der Waals surface area contributed by atoms with Gasteiger partial charge in [0.25, 0.3) is 0 Å². The Kier molecular flexibility index (Phi) is 6.26. The molecule has 2 aromatic rings. The predicted octanol–water partition coefficient (Wildman–Crippen LogP) is 1.97. The van der Waals surface area contributed by atoms with E-state index in [4.69, 9.17) is 11.6 Å². The average molecular weight is 404 g/mol. The molecule has 0 aromatic heterocycles. The summed E-state index contributed by atoms with van der Waals surface area (Å²) in [5.74, 6) is -2.10. The Labute approximate surface area is 166 Å². The number of carbonyl (C=O) groups excluding carboxylic acids is 3. The van der Waals surface area contributed by atoms with Crippen molar-refractivity contribution < 1.29 is 18.8 Å². The van der Waals surface area contributed by atoms with Crippen molar-refractivity contribution in [3.8, 4) is 0 Å². The Morgan fingerprint density at radius 1 is 1.00 bits per heavy atom. The number of hydrogen-bond acceptors (Lipinski definition) is 3. The van der Waals surface area contributed by atoms with Gasteiger partial charge in [0.1, 0.15) is 12.4 Å². The number of nitrogens with one attached hydrogen (secondary N) is 1. The quantitative estimate of drug-likeness (QED) is 0.750. The van der Waals surface area contributed by atoms with Crippen LogP contribution in [0, 0.1) is 5.82 Å². The molecular formula is C20H19ClFN3O3. The van der Waals surface area contributed by atoms with Gasteiger partial charge in [-0.05, 0) is 35.4 Å². The van der Waals surface area contributed by atoms with Gasteiger partial charge in [0.15, 0.2) is 0 Å². The van der Waals surface area contributed by atoms with Crippen molar-refractivity contribution in [2.24, 2.45) is 0 Å². The molecule has 1 heterocycles. The van der Waals surface area contributed by atoms with E-state index >= 15 is 0 Å². The second-order valence-corrected chi connectivity index (χ2v) is 6.92. The maximum Gasteiger partial charge on any atom is 0.312 e. The Morgan fingerprint density at radius 2 is 1.68 bits per heavy atom. The molecule has 0 spiro atoms. The lowest BCUT2D eigenvalue weighted by atomic mass is 10.2. The zero-order valence-corrected chi connectivity index (χ0v) is 15.8. The summed E-state index contributed by atoms with van der Waals surface area (Å²) in [5.41, 5.74) is 1.57. The second-order valence-electron chi connectivity index (χ2n) is 6.49. The molecule has 0 aliphatic carbocycles. The summed E-state index contributed by atoms with van der Waals surface area (Å²) in [6.45, 7) is 0.890. The molecule has 1 saturated heterocycles.